The molecule has 3 aromatic rings. The highest BCUT2D eigenvalue weighted by molar-refractivity contribution is 5.98. The summed E-state index contributed by atoms with van der Waals surface area (Å²) in [4.78, 5) is 11.5. The van der Waals surface area contributed by atoms with Gasteiger partial charge >= 0.3 is 5.97 Å². The van der Waals surface area contributed by atoms with E-state index >= 15 is 0 Å². The van der Waals surface area contributed by atoms with Gasteiger partial charge in [-0.2, -0.15) is 5.10 Å². The van der Waals surface area contributed by atoms with Crippen LogP contribution in [-0.2, 0) is 6.54 Å². The van der Waals surface area contributed by atoms with Crippen molar-refractivity contribution in [3.05, 3.63) is 53.9 Å². The molecule has 2 heterocycles. The summed E-state index contributed by atoms with van der Waals surface area (Å²) in [6.07, 6.45) is 1.60. The Kier molecular flexibility index (Phi) is 3.55. The Balaban J connectivity index is 2.33. The zero-order chi connectivity index (χ0) is 15.7. The van der Waals surface area contributed by atoms with E-state index < -0.39 is 5.97 Å². The molecule has 0 spiro atoms. The van der Waals surface area contributed by atoms with E-state index in [4.69, 9.17) is 4.42 Å². The van der Waals surface area contributed by atoms with Gasteiger partial charge in [-0.15, -0.1) is 0 Å². The number of carboxylic acids is 1. The molecule has 0 aliphatic carbocycles. The number of carboxylic acid groups (broad SMARTS) is 1. The van der Waals surface area contributed by atoms with Crippen LogP contribution < -0.4 is 0 Å². The SMILES string of the molecule is CCn1nc(C)c(-c2ccccc2C(=O)O)c1-c1ccco1. The lowest BCUT2D eigenvalue weighted by atomic mass is 9.97. The predicted octanol–water partition coefficient (Wildman–Crippen LogP) is 3.84. The number of aromatic carboxylic acids is 1. The van der Waals surface area contributed by atoms with E-state index in [1.54, 1.807) is 24.5 Å². The van der Waals surface area contributed by atoms with E-state index in [9.17, 15) is 9.90 Å². The molecule has 0 unspecified atom stereocenters. The molecule has 0 radical (unpaired) electrons. The minimum Gasteiger partial charge on any atom is -0.478 e. The van der Waals surface area contributed by atoms with Crippen molar-refractivity contribution < 1.29 is 14.3 Å². The van der Waals surface area contributed by atoms with Crippen LogP contribution in [0, 0.1) is 6.92 Å². The van der Waals surface area contributed by atoms with Crippen molar-refractivity contribution >= 4 is 5.97 Å². The standard InChI is InChI=1S/C17H16N2O3/c1-3-19-16(14-9-6-10-22-14)15(11(2)18-19)12-7-4-5-8-13(12)17(20)21/h4-10H,3H2,1-2H3,(H,20,21). The van der Waals surface area contributed by atoms with E-state index in [1.165, 1.54) is 0 Å². The molecule has 0 saturated heterocycles. The second-order valence-electron chi connectivity index (χ2n) is 4.95. The smallest absolute Gasteiger partial charge is 0.336 e. The first-order chi connectivity index (χ1) is 10.6. The molecule has 3 rings (SSSR count). The van der Waals surface area contributed by atoms with Crippen molar-refractivity contribution in [3.8, 4) is 22.6 Å². The van der Waals surface area contributed by atoms with Crippen LogP contribution in [0.5, 0.6) is 0 Å². The number of aromatic nitrogens is 2. The summed E-state index contributed by atoms with van der Waals surface area (Å²) in [5.74, 6) is -0.276. The van der Waals surface area contributed by atoms with Gasteiger partial charge in [0.1, 0.15) is 5.69 Å². The van der Waals surface area contributed by atoms with Crippen LogP contribution in [0.15, 0.2) is 47.1 Å². The van der Waals surface area contributed by atoms with Crippen LogP contribution in [0.2, 0.25) is 0 Å². The summed E-state index contributed by atoms with van der Waals surface area (Å²) in [5.41, 5.74) is 3.29. The van der Waals surface area contributed by atoms with Gasteiger partial charge in [-0.1, -0.05) is 18.2 Å². The van der Waals surface area contributed by atoms with E-state index in [2.05, 4.69) is 5.10 Å². The van der Waals surface area contributed by atoms with E-state index in [0.717, 1.165) is 17.0 Å². The Hall–Kier alpha value is -2.82. The molecule has 112 valence electrons. The first kappa shape index (κ1) is 14.1. The van der Waals surface area contributed by atoms with Gasteiger partial charge < -0.3 is 9.52 Å². The maximum absolute atomic E-state index is 11.5. The maximum Gasteiger partial charge on any atom is 0.336 e. The Morgan fingerprint density at radius 2 is 2.05 bits per heavy atom. The number of furan rings is 1. The first-order valence-corrected chi connectivity index (χ1v) is 7.07. The average Bonchev–Trinajstić information content (AvgIpc) is 3.14. The van der Waals surface area contributed by atoms with Crippen molar-refractivity contribution in [2.24, 2.45) is 0 Å². The van der Waals surface area contributed by atoms with Crippen molar-refractivity contribution in [2.45, 2.75) is 20.4 Å². The molecule has 0 fully saturated rings. The highest BCUT2D eigenvalue weighted by Gasteiger charge is 2.23. The van der Waals surface area contributed by atoms with Gasteiger partial charge in [0.15, 0.2) is 5.76 Å². The molecule has 5 nitrogen and oxygen atoms in total. The van der Waals surface area contributed by atoms with Gasteiger partial charge in [-0.05, 0) is 32.0 Å². The quantitative estimate of drug-likeness (QED) is 0.794. The van der Waals surface area contributed by atoms with Crippen LogP contribution in [0.25, 0.3) is 22.6 Å². The molecule has 0 atom stereocenters. The topological polar surface area (TPSA) is 68.3 Å². The monoisotopic (exact) mass is 296 g/mol. The summed E-state index contributed by atoms with van der Waals surface area (Å²) < 4.78 is 7.37. The number of benzene rings is 1. The van der Waals surface area contributed by atoms with Gasteiger partial charge in [0.05, 0.1) is 17.5 Å². The van der Waals surface area contributed by atoms with Crippen LogP contribution in [0.3, 0.4) is 0 Å². The van der Waals surface area contributed by atoms with Crippen LogP contribution in [-0.4, -0.2) is 20.9 Å². The van der Waals surface area contributed by atoms with Gasteiger partial charge in [0.2, 0.25) is 0 Å². The molecule has 22 heavy (non-hydrogen) atoms. The fraction of sp³-hybridized carbons (Fsp3) is 0.176. The fourth-order valence-corrected chi connectivity index (χ4v) is 2.68. The van der Waals surface area contributed by atoms with E-state index in [1.807, 2.05) is 36.7 Å². The summed E-state index contributed by atoms with van der Waals surface area (Å²) in [6, 6.07) is 10.6. The van der Waals surface area contributed by atoms with Gasteiger partial charge in [-0.3, -0.25) is 4.68 Å². The molecule has 1 N–H and O–H groups in total. The molecule has 0 aliphatic rings. The first-order valence-electron chi connectivity index (χ1n) is 7.07. The maximum atomic E-state index is 11.5. The fourth-order valence-electron chi connectivity index (χ4n) is 2.68. The Morgan fingerprint density at radius 3 is 2.68 bits per heavy atom. The van der Waals surface area contributed by atoms with E-state index in [-0.39, 0.29) is 5.56 Å². The number of nitrogens with zero attached hydrogens (tertiary/aromatic N) is 2. The normalized spacial score (nSPS) is 10.8. The Morgan fingerprint density at radius 1 is 1.27 bits per heavy atom. The molecular weight excluding hydrogens is 280 g/mol. The van der Waals surface area contributed by atoms with Crippen LogP contribution >= 0.6 is 0 Å². The Labute approximate surface area is 127 Å². The largest absolute Gasteiger partial charge is 0.478 e. The summed E-state index contributed by atoms with van der Waals surface area (Å²) in [6.45, 7) is 4.55. The summed E-state index contributed by atoms with van der Waals surface area (Å²) >= 11 is 0. The number of aryl methyl sites for hydroxylation is 2. The van der Waals surface area contributed by atoms with Crippen LogP contribution in [0.1, 0.15) is 23.0 Å². The molecule has 2 aromatic heterocycles. The third-order valence-corrected chi connectivity index (χ3v) is 3.61. The highest BCUT2D eigenvalue weighted by atomic mass is 16.4. The highest BCUT2D eigenvalue weighted by Crippen LogP contribution is 2.36. The minimum atomic E-state index is -0.954. The van der Waals surface area contributed by atoms with E-state index in [0.29, 0.717) is 17.9 Å². The lowest BCUT2D eigenvalue weighted by Crippen LogP contribution is -2.01. The molecular formula is C17H16N2O3. The summed E-state index contributed by atoms with van der Waals surface area (Å²) in [5, 5.41) is 14.0. The van der Waals surface area contributed by atoms with Crippen LogP contribution in [0.4, 0.5) is 0 Å². The molecule has 0 amide bonds. The van der Waals surface area contributed by atoms with Gasteiger partial charge in [0.25, 0.3) is 0 Å². The van der Waals surface area contributed by atoms with Crippen molar-refractivity contribution in [1.29, 1.82) is 0 Å². The molecule has 0 aliphatic heterocycles. The molecule has 0 bridgehead atoms. The van der Waals surface area contributed by atoms with Crippen molar-refractivity contribution in [3.63, 3.8) is 0 Å². The lowest BCUT2D eigenvalue weighted by molar-refractivity contribution is 0.0697. The van der Waals surface area contributed by atoms with Crippen molar-refractivity contribution in [1.82, 2.24) is 9.78 Å². The third kappa shape index (κ3) is 2.20. The summed E-state index contributed by atoms with van der Waals surface area (Å²) in [7, 11) is 0. The zero-order valence-electron chi connectivity index (χ0n) is 12.4. The average molecular weight is 296 g/mol. The Bertz CT molecular complexity index is 817. The second kappa shape index (κ2) is 5.52. The second-order valence-corrected chi connectivity index (χ2v) is 4.95. The number of carbonyl (C=O) groups is 1. The van der Waals surface area contributed by atoms with Gasteiger partial charge in [0, 0.05) is 17.7 Å². The third-order valence-electron chi connectivity index (χ3n) is 3.61. The number of hydrogen-bond acceptors (Lipinski definition) is 3. The molecule has 1 aromatic carbocycles. The zero-order valence-corrected chi connectivity index (χ0v) is 12.4. The van der Waals surface area contributed by atoms with Gasteiger partial charge in [-0.25, -0.2) is 4.79 Å². The number of rotatable bonds is 4. The predicted molar refractivity (Wildman–Crippen MR) is 82.7 cm³/mol. The molecule has 0 saturated carbocycles. The number of hydrogen-bond donors (Lipinski definition) is 1. The van der Waals surface area contributed by atoms with Crippen molar-refractivity contribution in [2.75, 3.05) is 0 Å². The minimum absolute atomic E-state index is 0.258. The lowest BCUT2D eigenvalue weighted by Gasteiger charge is -2.08. The molecule has 5 heteroatoms.